The lowest BCUT2D eigenvalue weighted by atomic mass is 10.2. The van der Waals surface area contributed by atoms with E-state index in [1.807, 2.05) is 31.2 Å². The topological polar surface area (TPSA) is 84.5 Å². The number of rotatable bonds is 10. The van der Waals surface area contributed by atoms with Crippen LogP contribution in [0.1, 0.15) is 28.8 Å². The molecule has 3 aromatic carbocycles. The Kier molecular flexibility index (Phi) is 7.83. The first-order chi connectivity index (χ1) is 15.3. The van der Waals surface area contributed by atoms with E-state index in [2.05, 4.69) is 10.0 Å². The van der Waals surface area contributed by atoms with Crippen LogP contribution in [0, 0.1) is 12.7 Å². The standard InChI is InChI=1S/C24H25FN2O4S/c1-18-11-13-20(14-12-18)31-16-5-4-15-26-24(28)19-7-6-8-21(17-19)32(29,30)27-23-10-3-2-9-22(23)25/h2-3,6-14,17,27H,4-5,15-16H2,1H3,(H,26,28). The maximum atomic E-state index is 13.8. The highest BCUT2D eigenvalue weighted by Gasteiger charge is 2.18. The lowest BCUT2D eigenvalue weighted by Gasteiger charge is -2.10. The van der Waals surface area contributed by atoms with Crippen molar-refractivity contribution >= 4 is 21.6 Å². The monoisotopic (exact) mass is 456 g/mol. The Morgan fingerprint density at radius 3 is 2.47 bits per heavy atom. The quantitative estimate of drug-likeness (QED) is 0.439. The summed E-state index contributed by atoms with van der Waals surface area (Å²) in [7, 11) is -4.04. The number of carbonyl (C=O) groups is 1. The molecular formula is C24H25FN2O4S. The van der Waals surface area contributed by atoms with Crippen molar-refractivity contribution in [1.82, 2.24) is 5.32 Å². The van der Waals surface area contributed by atoms with E-state index in [0.29, 0.717) is 19.6 Å². The molecule has 168 valence electrons. The maximum absolute atomic E-state index is 13.8. The summed E-state index contributed by atoms with van der Waals surface area (Å²) in [6.07, 6.45) is 1.47. The number of sulfonamides is 1. The van der Waals surface area contributed by atoms with E-state index in [0.717, 1.165) is 18.2 Å². The molecule has 3 rings (SSSR count). The summed E-state index contributed by atoms with van der Waals surface area (Å²) in [5.41, 5.74) is 1.22. The number of carbonyl (C=O) groups excluding carboxylic acids is 1. The predicted molar refractivity (Wildman–Crippen MR) is 122 cm³/mol. The molecule has 0 aliphatic heterocycles. The molecule has 2 N–H and O–H groups in total. The Morgan fingerprint density at radius 1 is 0.969 bits per heavy atom. The smallest absolute Gasteiger partial charge is 0.262 e. The van der Waals surface area contributed by atoms with Crippen molar-refractivity contribution in [3.8, 4) is 5.75 Å². The Labute approximate surface area is 187 Å². The molecule has 0 saturated heterocycles. The zero-order valence-corrected chi connectivity index (χ0v) is 18.5. The number of anilines is 1. The summed E-state index contributed by atoms with van der Waals surface area (Å²) in [5.74, 6) is -0.259. The van der Waals surface area contributed by atoms with Crippen LogP contribution in [0.5, 0.6) is 5.75 Å². The van der Waals surface area contributed by atoms with Crippen LogP contribution < -0.4 is 14.8 Å². The fraction of sp³-hybridized carbons (Fsp3) is 0.208. The number of ether oxygens (including phenoxy) is 1. The largest absolute Gasteiger partial charge is 0.494 e. The second kappa shape index (κ2) is 10.8. The van der Waals surface area contributed by atoms with Gasteiger partial charge in [0.25, 0.3) is 15.9 Å². The van der Waals surface area contributed by atoms with E-state index < -0.39 is 15.8 Å². The Balaban J connectivity index is 1.49. The van der Waals surface area contributed by atoms with Gasteiger partial charge in [0.05, 0.1) is 17.2 Å². The SMILES string of the molecule is Cc1ccc(OCCCCNC(=O)c2cccc(S(=O)(=O)Nc3ccccc3F)c2)cc1. The number of aryl methyl sites for hydroxylation is 1. The first-order valence-corrected chi connectivity index (χ1v) is 11.7. The zero-order valence-electron chi connectivity index (χ0n) is 17.7. The lowest BCUT2D eigenvalue weighted by molar-refractivity contribution is 0.0952. The number of hydrogen-bond donors (Lipinski definition) is 2. The van der Waals surface area contributed by atoms with Gasteiger partial charge in [0.2, 0.25) is 0 Å². The predicted octanol–water partition coefficient (Wildman–Crippen LogP) is 4.52. The molecule has 8 heteroatoms. The van der Waals surface area contributed by atoms with Crippen molar-refractivity contribution in [2.75, 3.05) is 17.9 Å². The molecule has 0 spiro atoms. The van der Waals surface area contributed by atoms with Crippen LogP contribution in [0.25, 0.3) is 0 Å². The number of nitrogens with one attached hydrogen (secondary N) is 2. The average molecular weight is 457 g/mol. The van der Waals surface area contributed by atoms with Crippen molar-refractivity contribution in [1.29, 1.82) is 0 Å². The molecule has 32 heavy (non-hydrogen) atoms. The van der Waals surface area contributed by atoms with Crippen molar-refractivity contribution < 1.29 is 22.3 Å². The third-order valence-corrected chi connectivity index (χ3v) is 6.03. The zero-order chi connectivity index (χ0) is 23.0. The number of halogens is 1. The number of benzene rings is 3. The van der Waals surface area contributed by atoms with E-state index in [9.17, 15) is 17.6 Å². The Morgan fingerprint density at radius 2 is 1.72 bits per heavy atom. The molecule has 6 nitrogen and oxygen atoms in total. The Hall–Kier alpha value is -3.39. The van der Waals surface area contributed by atoms with Gasteiger partial charge in [0, 0.05) is 12.1 Å². The Bertz CT molecular complexity index is 1160. The van der Waals surface area contributed by atoms with Crippen LogP contribution in [0.3, 0.4) is 0 Å². The van der Waals surface area contributed by atoms with Gasteiger partial charge in [0.1, 0.15) is 11.6 Å². The number of amides is 1. The van der Waals surface area contributed by atoms with Crippen molar-refractivity contribution in [2.45, 2.75) is 24.7 Å². The molecule has 0 radical (unpaired) electrons. The van der Waals surface area contributed by atoms with Crippen LogP contribution in [0.15, 0.2) is 77.7 Å². The fourth-order valence-corrected chi connectivity index (χ4v) is 4.02. The number of unbranched alkanes of at least 4 members (excludes halogenated alkanes) is 1. The second-order valence-electron chi connectivity index (χ2n) is 7.24. The highest BCUT2D eigenvalue weighted by Crippen LogP contribution is 2.19. The number of para-hydroxylation sites is 1. The molecule has 0 heterocycles. The summed E-state index contributed by atoms with van der Waals surface area (Å²) in [5, 5.41) is 2.77. The van der Waals surface area contributed by atoms with Crippen LogP contribution in [-0.2, 0) is 10.0 Å². The van der Waals surface area contributed by atoms with Gasteiger partial charge in [-0.15, -0.1) is 0 Å². The third-order valence-electron chi connectivity index (χ3n) is 4.67. The first kappa shape index (κ1) is 23.3. The minimum Gasteiger partial charge on any atom is -0.494 e. The molecule has 0 unspecified atom stereocenters. The van der Waals surface area contributed by atoms with Gasteiger partial charge >= 0.3 is 0 Å². The van der Waals surface area contributed by atoms with Gasteiger partial charge in [-0.2, -0.15) is 0 Å². The van der Waals surface area contributed by atoms with Crippen LogP contribution in [0.4, 0.5) is 10.1 Å². The molecule has 3 aromatic rings. The molecule has 0 fully saturated rings. The van der Waals surface area contributed by atoms with Gasteiger partial charge in [-0.1, -0.05) is 35.9 Å². The molecule has 0 bridgehead atoms. The summed E-state index contributed by atoms with van der Waals surface area (Å²) in [6.45, 7) is 2.98. The normalized spacial score (nSPS) is 11.1. The average Bonchev–Trinajstić information content (AvgIpc) is 2.79. The van der Waals surface area contributed by atoms with Gasteiger partial charge in [-0.05, 0) is 62.2 Å². The number of hydrogen-bond acceptors (Lipinski definition) is 4. The summed E-state index contributed by atoms with van der Waals surface area (Å²) in [6, 6.07) is 18.9. The highest BCUT2D eigenvalue weighted by atomic mass is 32.2. The van der Waals surface area contributed by atoms with Crippen LogP contribution >= 0.6 is 0 Å². The van der Waals surface area contributed by atoms with Crippen LogP contribution in [-0.4, -0.2) is 27.5 Å². The van der Waals surface area contributed by atoms with E-state index in [1.165, 1.54) is 48.0 Å². The third kappa shape index (κ3) is 6.55. The summed E-state index contributed by atoms with van der Waals surface area (Å²) >= 11 is 0. The van der Waals surface area contributed by atoms with Gasteiger partial charge in [-0.3, -0.25) is 9.52 Å². The van der Waals surface area contributed by atoms with Crippen molar-refractivity contribution in [2.24, 2.45) is 0 Å². The maximum Gasteiger partial charge on any atom is 0.262 e. The molecule has 0 saturated carbocycles. The fourth-order valence-electron chi connectivity index (χ4n) is 2.91. The molecule has 0 aromatic heterocycles. The van der Waals surface area contributed by atoms with E-state index in [1.54, 1.807) is 0 Å². The van der Waals surface area contributed by atoms with Crippen molar-refractivity contribution in [3.63, 3.8) is 0 Å². The van der Waals surface area contributed by atoms with Gasteiger partial charge < -0.3 is 10.1 Å². The second-order valence-corrected chi connectivity index (χ2v) is 8.92. The molecule has 0 atom stereocenters. The molecule has 0 aliphatic carbocycles. The summed E-state index contributed by atoms with van der Waals surface area (Å²) in [4.78, 5) is 12.3. The van der Waals surface area contributed by atoms with E-state index >= 15 is 0 Å². The van der Waals surface area contributed by atoms with Crippen molar-refractivity contribution in [3.05, 3.63) is 89.7 Å². The molecule has 1 amide bonds. The lowest BCUT2D eigenvalue weighted by Crippen LogP contribution is -2.25. The van der Waals surface area contributed by atoms with Crippen LogP contribution in [0.2, 0.25) is 0 Å². The van der Waals surface area contributed by atoms with E-state index in [4.69, 9.17) is 4.74 Å². The summed E-state index contributed by atoms with van der Waals surface area (Å²) < 4.78 is 46.8. The first-order valence-electron chi connectivity index (χ1n) is 10.2. The molecule has 0 aliphatic rings. The highest BCUT2D eigenvalue weighted by molar-refractivity contribution is 7.92. The van der Waals surface area contributed by atoms with Gasteiger partial charge in [0.15, 0.2) is 0 Å². The van der Waals surface area contributed by atoms with E-state index in [-0.39, 0.29) is 22.1 Å². The minimum absolute atomic E-state index is 0.125. The minimum atomic E-state index is -4.04. The van der Waals surface area contributed by atoms with Gasteiger partial charge in [-0.25, -0.2) is 12.8 Å². The molecular weight excluding hydrogens is 431 g/mol.